The lowest BCUT2D eigenvalue weighted by atomic mass is 9.81. The Bertz CT molecular complexity index is 920. The summed E-state index contributed by atoms with van der Waals surface area (Å²) in [6.07, 6.45) is -8.91. The van der Waals surface area contributed by atoms with Crippen molar-refractivity contribution in [3.8, 4) is 11.5 Å². The maximum Gasteiger partial charge on any atom is 0.189 e. The number of hydrogen-bond acceptors (Lipinski definition) is 13. The molecule has 2 heterocycles. The summed E-state index contributed by atoms with van der Waals surface area (Å²) in [5.41, 5.74) is -0.930. The third-order valence-electron chi connectivity index (χ3n) is 7.98. The van der Waals surface area contributed by atoms with Gasteiger partial charge in [-0.25, -0.2) is 0 Å². The van der Waals surface area contributed by atoms with Gasteiger partial charge < -0.3 is 64.7 Å². The van der Waals surface area contributed by atoms with Gasteiger partial charge in [-0.15, -0.1) is 0 Å². The minimum absolute atomic E-state index is 0.167. The van der Waals surface area contributed by atoms with Gasteiger partial charge in [-0.1, -0.05) is 6.07 Å². The summed E-state index contributed by atoms with van der Waals surface area (Å²) in [5.74, 6) is -0.259. The van der Waals surface area contributed by atoms with Crippen LogP contribution in [0, 0.1) is 11.8 Å². The van der Waals surface area contributed by atoms with E-state index in [0.717, 1.165) is 5.56 Å². The van der Waals surface area contributed by atoms with Gasteiger partial charge in [-0.05, 0) is 43.0 Å². The maximum atomic E-state index is 11.6. The highest BCUT2D eigenvalue weighted by atomic mass is 16.8. The van der Waals surface area contributed by atoms with Crippen LogP contribution in [-0.2, 0) is 20.6 Å². The van der Waals surface area contributed by atoms with Crippen molar-refractivity contribution in [2.45, 2.75) is 67.6 Å². The van der Waals surface area contributed by atoms with Crippen LogP contribution in [0.1, 0.15) is 12.0 Å². The van der Waals surface area contributed by atoms with E-state index in [0.29, 0.717) is 30.9 Å². The first-order valence-electron chi connectivity index (χ1n) is 12.7. The first-order chi connectivity index (χ1) is 18.2. The molecule has 1 aliphatic carbocycles. The fourth-order valence-electron chi connectivity index (χ4n) is 5.89. The molecule has 1 aromatic rings. The van der Waals surface area contributed by atoms with E-state index in [1.165, 1.54) is 0 Å². The number of aliphatic hydroxyl groups excluding tert-OH is 6. The molecular weight excluding hydrogens is 506 g/mol. The molecule has 0 aromatic heterocycles. The predicted octanol–water partition coefficient (Wildman–Crippen LogP) is -2.90. The van der Waals surface area contributed by atoms with Crippen molar-refractivity contribution in [3.05, 3.63) is 23.8 Å². The van der Waals surface area contributed by atoms with E-state index in [9.17, 15) is 35.7 Å². The topological polar surface area (TPSA) is 200 Å². The number of methoxy groups -OCH3 is 2. The molecule has 38 heavy (non-hydrogen) atoms. The molecule has 8 N–H and O–H groups in total. The molecule has 0 radical (unpaired) electrons. The van der Waals surface area contributed by atoms with E-state index in [1.54, 1.807) is 20.3 Å². The van der Waals surface area contributed by atoms with Gasteiger partial charge in [0.1, 0.15) is 30.0 Å². The summed E-state index contributed by atoms with van der Waals surface area (Å²) in [7, 11) is 3.09. The number of nitrogens with one attached hydrogen (secondary N) is 1. The first kappa shape index (κ1) is 29.4. The van der Waals surface area contributed by atoms with Crippen molar-refractivity contribution in [1.82, 2.24) is 5.32 Å². The van der Waals surface area contributed by atoms with Crippen molar-refractivity contribution < 1.29 is 59.4 Å². The highest BCUT2D eigenvalue weighted by Gasteiger charge is 2.64. The Balaban J connectivity index is 1.47. The zero-order chi connectivity index (χ0) is 27.6. The van der Waals surface area contributed by atoms with Crippen LogP contribution in [0.3, 0.4) is 0 Å². The molecule has 2 aliphatic heterocycles. The summed E-state index contributed by atoms with van der Waals surface area (Å²) in [6, 6.07) is 4.58. The SMILES string of the molecule is COc1ccc(CCNC2C(O)C3CCOC(OC4OC(CO)C(O)C(O)C4O)C3C2(O)CO)cc1OC. The van der Waals surface area contributed by atoms with Gasteiger partial charge in [0, 0.05) is 5.92 Å². The molecule has 0 spiro atoms. The van der Waals surface area contributed by atoms with Crippen molar-refractivity contribution in [2.24, 2.45) is 11.8 Å². The first-order valence-corrected chi connectivity index (χ1v) is 12.7. The van der Waals surface area contributed by atoms with Gasteiger partial charge >= 0.3 is 0 Å². The molecule has 3 fully saturated rings. The molecule has 13 heteroatoms. The Labute approximate surface area is 220 Å². The monoisotopic (exact) mass is 545 g/mol. The smallest absolute Gasteiger partial charge is 0.189 e. The maximum absolute atomic E-state index is 11.6. The Morgan fingerprint density at radius 3 is 2.37 bits per heavy atom. The van der Waals surface area contributed by atoms with Crippen LogP contribution < -0.4 is 14.8 Å². The summed E-state index contributed by atoms with van der Waals surface area (Å²) in [5, 5.41) is 76.3. The summed E-state index contributed by atoms with van der Waals surface area (Å²) in [6.45, 7) is -0.816. The quantitative estimate of drug-likeness (QED) is 0.149. The Morgan fingerprint density at radius 1 is 0.974 bits per heavy atom. The minimum Gasteiger partial charge on any atom is -0.493 e. The van der Waals surface area contributed by atoms with Gasteiger partial charge in [-0.3, -0.25) is 0 Å². The minimum atomic E-state index is -1.86. The summed E-state index contributed by atoms with van der Waals surface area (Å²) in [4.78, 5) is 0. The number of aliphatic hydroxyl groups is 7. The molecule has 1 saturated carbocycles. The zero-order valence-electron chi connectivity index (χ0n) is 21.4. The van der Waals surface area contributed by atoms with Gasteiger partial charge in [0.2, 0.25) is 0 Å². The third-order valence-corrected chi connectivity index (χ3v) is 7.98. The molecule has 0 bridgehead atoms. The van der Waals surface area contributed by atoms with E-state index >= 15 is 0 Å². The number of ether oxygens (including phenoxy) is 5. The number of rotatable bonds is 10. The Kier molecular flexibility index (Phi) is 9.48. The molecular formula is C25H39NO12. The van der Waals surface area contributed by atoms with Crippen molar-refractivity contribution in [2.75, 3.05) is 40.6 Å². The molecule has 3 aliphatic rings. The largest absolute Gasteiger partial charge is 0.493 e. The van der Waals surface area contributed by atoms with E-state index in [1.807, 2.05) is 12.1 Å². The average Bonchev–Trinajstić information content (AvgIpc) is 3.16. The molecule has 13 nitrogen and oxygen atoms in total. The molecule has 4 rings (SSSR count). The molecule has 11 atom stereocenters. The van der Waals surface area contributed by atoms with E-state index in [-0.39, 0.29) is 6.61 Å². The molecule has 11 unspecified atom stereocenters. The Morgan fingerprint density at radius 2 is 1.71 bits per heavy atom. The van der Waals surface area contributed by atoms with E-state index in [4.69, 9.17) is 23.7 Å². The molecule has 216 valence electrons. The van der Waals surface area contributed by atoms with Crippen LogP contribution in [-0.4, -0.2) is 131 Å². The van der Waals surface area contributed by atoms with Gasteiger partial charge in [0.25, 0.3) is 0 Å². The van der Waals surface area contributed by atoms with Crippen LogP contribution in [0.4, 0.5) is 0 Å². The van der Waals surface area contributed by atoms with Gasteiger partial charge in [0.05, 0.1) is 46.2 Å². The summed E-state index contributed by atoms with van der Waals surface area (Å²) >= 11 is 0. The van der Waals surface area contributed by atoms with Crippen LogP contribution in [0.25, 0.3) is 0 Å². The average molecular weight is 546 g/mol. The lowest BCUT2D eigenvalue weighted by molar-refractivity contribution is -0.359. The van der Waals surface area contributed by atoms with Crippen LogP contribution in [0.5, 0.6) is 11.5 Å². The molecule has 0 amide bonds. The normalized spacial score (nSPS) is 41.1. The Hall–Kier alpha value is -1.62. The second-order valence-electron chi connectivity index (χ2n) is 10.1. The molecule has 1 aromatic carbocycles. The second-order valence-corrected chi connectivity index (χ2v) is 10.1. The summed E-state index contributed by atoms with van der Waals surface area (Å²) < 4.78 is 27.6. The van der Waals surface area contributed by atoms with Crippen molar-refractivity contribution in [3.63, 3.8) is 0 Å². The van der Waals surface area contributed by atoms with Gasteiger partial charge in [-0.2, -0.15) is 0 Å². The van der Waals surface area contributed by atoms with Crippen LogP contribution in [0.15, 0.2) is 18.2 Å². The fourth-order valence-corrected chi connectivity index (χ4v) is 5.89. The lowest BCUT2D eigenvalue weighted by Gasteiger charge is -2.45. The highest BCUT2D eigenvalue weighted by Crippen LogP contribution is 2.48. The fraction of sp³-hybridized carbons (Fsp3) is 0.760. The van der Waals surface area contributed by atoms with Crippen molar-refractivity contribution in [1.29, 1.82) is 0 Å². The van der Waals surface area contributed by atoms with Gasteiger partial charge in [0.15, 0.2) is 24.1 Å². The van der Waals surface area contributed by atoms with E-state index < -0.39 is 79.8 Å². The number of hydrogen-bond donors (Lipinski definition) is 8. The third kappa shape index (κ3) is 5.38. The van der Waals surface area contributed by atoms with Crippen LogP contribution >= 0.6 is 0 Å². The van der Waals surface area contributed by atoms with E-state index in [2.05, 4.69) is 5.32 Å². The number of benzene rings is 1. The highest BCUT2D eigenvalue weighted by molar-refractivity contribution is 5.43. The molecule has 2 saturated heterocycles. The predicted molar refractivity (Wildman–Crippen MR) is 129 cm³/mol. The standard InChI is InChI=1S/C25H39NO12/c1-34-14-4-3-12(9-15(14)35-2)5-7-26-22-18(29)13-6-8-36-23(17(13)25(22,33)11-28)38-24-21(32)20(31)19(30)16(10-27)37-24/h3-4,9,13,16-24,26-33H,5-8,10-11H2,1-2H3. The second kappa shape index (κ2) is 12.3. The van der Waals surface area contributed by atoms with Crippen LogP contribution in [0.2, 0.25) is 0 Å². The number of fused-ring (bicyclic) bond motifs is 1. The zero-order valence-corrected chi connectivity index (χ0v) is 21.4. The van der Waals surface area contributed by atoms with Crippen molar-refractivity contribution >= 4 is 0 Å². The lowest BCUT2D eigenvalue weighted by Crippen LogP contribution is -2.62.